The summed E-state index contributed by atoms with van der Waals surface area (Å²) in [7, 11) is 0. The van der Waals surface area contributed by atoms with Gasteiger partial charge in [-0.3, -0.25) is 0 Å². The summed E-state index contributed by atoms with van der Waals surface area (Å²) in [6.45, 7) is 16.0. The first-order valence-corrected chi connectivity index (χ1v) is 5.35. The smallest absolute Gasteiger partial charge is 0.0167 e. The summed E-state index contributed by atoms with van der Waals surface area (Å²) in [6.07, 6.45) is 4.85. The van der Waals surface area contributed by atoms with Gasteiger partial charge < -0.3 is 0 Å². The van der Waals surface area contributed by atoms with Gasteiger partial charge in [0, 0.05) is 0 Å². The molecule has 0 heterocycles. The molecule has 0 nitrogen and oxygen atoms in total. The van der Waals surface area contributed by atoms with E-state index in [1.807, 2.05) is 0 Å². The number of allylic oxidation sites excluding steroid dienone is 2. The molecule has 0 aliphatic rings. The molecule has 0 atom stereocenters. The Labute approximate surface area is 84.4 Å². The molecule has 0 aromatic carbocycles. The van der Waals surface area contributed by atoms with E-state index in [1.54, 1.807) is 0 Å². The van der Waals surface area contributed by atoms with Gasteiger partial charge in [-0.2, -0.15) is 0 Å². The fourth-order valence-electron chi connectivity index (χ4n) is 2.19. The van der Waals surface area contributed by atoms with Crippen LogP contribution in [0.25, 0.3) is 0 Å². The summed E-state index contributed by atoms with van der Waals surface area (Å²) in [4.78, 5) is 0. The SMILES string of the molecule is CCC(C)=CC(C)(C)CC(C)(C)C. The quantitative estimate of drug-likeness (QED) is 0.550. The van der Waals surface area contributed by atoms with Crippen molar-refractivity contribution < 1.29 is 0 Å². The molecule has 0 bridgehead atoms. The highest BCUT2D eigenvalue weighted by atomic mass is 14.3. The maximum atomic E-state index is 2.43. The minimum atomic E-state index is 0.346. The normalized spacial score (nSPS) is 14.8. The molecule has 0 saturated carbocycles. The molecule has 0 N–H and O–H groups in total. The zero-order chi connectivity index (χ0) is 10.7. The van der Waals surface area contributed by atoms with Crippen LogP contribution < -0.4 is 0 Å². The topological polar surface area (TPSA) is 0 Å². The molecule has 0 aromatic rings. The molecule has 0 fully saturated rings. The van der Waals surface area contributed by atoms with Gasteiger partial charge >= 0.3 is 0 Å². The lowest BCUT2D eigenvalue weighted by Gasteiger charge is -2.30. The predicted octanol–water partition coefficient (Wildman–Crippen LogP) is 4.81. The van der Waals surface area contributed by atoms with Crippen LogP contribution in [0.15, 0.2) is 11.6 Å². The monoisotopic (exact) mass is 182 g/mol. The van der Waals surface area contributed by atoms with Crippen LogP contribution in [-0.2, 0) is 0 Å². The lowest BCUT2D eigenvalue weighted by Crippen LogP contribution is -2.18. The summed E-state index contributed by atoms with van der Waals surface area (Å²) in [5.41, 5.74) is 2.28. The third kappa shape index (κ3) is 6.86. The number of hydrogen-bond acceptors (Lipinski definition) is 0. The molecule has 0 unspecified atom stereocenters. The third-order valence-corrected chi connectivity index (χ3v) is 2.18. The van der Waals surface area contributed by atoms with Gasteiger partial charge in [0.05, 0.1) is 0 Å². The summed E-state index contributed by atoms with van der Waals surface area (Å²) < 4.78 is 0. The minimum Gasteiger partial charge on any atom is -0.0799 e. The molecule has 78 valence electrons. The second-order valence-corrected chi connectivity index (χ2v) is 6.07. The van der Waals surface area contributed by atoms with Crippen molar-refractivity contribution in [1.82, 2.24) is 0 Å². The minimum absolute atomic E-state index is 0.346. The summed E-state index contributed by atoms with van der Waals surface area (Å²) in [5.74, 6) is 0. The molecule has 0 amide bonds. The Hall–Kier alpha value is -0.260. The molecular weight excluding hydrogens is 156 g/mol. The Balaban J connectivity index is 4.41. The Bertz CT molecular complexity index is 177. The zero-order valence-electron chi connectivity index (χ0n) is 10.5. The Kier molecular flexibility index (Phi) is 4.22. The van der Waals surface area contributed by atoms with Crippen LogP contribution in [0.4, 0.5) is 0 Å². The van der Waals surface area contributed by atoms with Crippen molar-refractivity contribution >= 4 is 0 Å². The van der Waals surface area contributed by atoms with E-state index in [9.17, 15) is 0 Å². The van der Waals surface area contributed by atoms with E-state index in [4.69, 9.17) is 0 Å². The van der Waals surface area contributed by atoms with Crippen molar-refractivity contribution in [2.75, 3.05) is 0 Å². The van der Waals surface area contributed by atoms with Gasteiger partial charge in [-0.25, -0.2) is 0 Å². The molecule has 0 rings (SSSR count). The van der Waals surface area contributed by atoms with Gasteiger partial charge in [-0.1, -0.05) is 53.2 Å². The molecule has 0 aliphatic heterocycles. The standard InChI is InChI=1S/C13H26/c1-8-11(2)9-13(6,7)10-12(3,4)5/h9H,8,10H2,1-7H3. The number of hydrogen-bond donors (Lipinski definition) is 0. The van der Waals surface area contributed by atoms with Crippen molar-refractivity contribution in [1.29, 1.82) is 0 Å². The highest BCUT2D eigenvalue weighted by Crippen LogP contribution is 2.35. The first-order chi connectivity index (χ1) is 5.66. The van der Waals surface area contributed by atoms with E-state index in [2.05, 4.69) is 54.5 Å². The van der Waals surface area contributed by atoms with Gasteiger partial charge in [0.15, 0.2) is 0 Å². The maximum Gasteiger partial charge on any atom is -0.0167 e. The first kappa shape index (κ1) is 12.7. The second-order valence-electron chi connectivity index (χ2n) is 6.07. The van der Waals surface area contributed by atoms with Crippen molar-refractivity contribution in [2.45, 2.75) is 61.3 Å². The molecule has 0 heteroatoms. The summed E-state index contributed by atoms with van der Waals surface area (Å²) >= 11 is 0. The molecule has 0 radical (unpaired) electrons. The van der Waals surface area contributed by atoms with Gasteiger partial charge in [-0.05, 0) is 30.6 Å². The second kappa shape index (κ2) is 4.30. The van der Waals surface area contributed by atoms with Crippen LogP contribution in [0.1, 0.15) is 61.3 Å². The molecule has 13 heavy (non-hydrogen) atoms. The van der Waals surface area contributed by atoms with E-state index in [-0.39, 0.29) is 0 Å². The Morgan fingerprint density at radius 1 is 1.08 bits per heavy atom. The van der Waals surface area contributed by atoms with Crippen LogP contribution in [0, 0.1) is 10.8 Å². The third-order valence-electron chi connectivity index (χ3n) is 2.18. The van der Waals surface area contributed by atoms with E-state index < -0.39 is 0 Å². The maximum absolute atomic E-state index is 2.43. The van der Waals surface area contributed by atoms with E-state index in [1.165, 1.54) is 18.4 Å². The Morgan fingerprint density at radius 3 is 1.85 bits per heavy atom. The van der Waals surface area contributed by atoms with Crippen LogP contribution in [0.2, 0.25) is 0 Å². The lowest BCUT2D eigenvalue weighted by molar-refractivity contribution is 0.261. The fraction of sp³-hybridized carbons (Fsp3) is 0.846. The predicted molar refractivity (Wildman–Crippen MR) is 61.9 cm³/mol. The van der Waals surface area contributed by atoms with Crippen LogP contribution in [0.5, 0.6) is 0 Å². The summed E-state index contributed by atoms with van der Waals surface area (Å²) in [6, 6.07) is 0. The van der Waals surface area contributed by atoms with E-state index in [0.717, 1.165) is 0 Å². The molecule has 0 aromatic heterocycles. The molecule has 0 saturated heterocycles. The van der Waals surface area contributed by atoms with Gasteiger partial charge in [0.2, 0.25) is 0 Å². The van der Waals surface area contributed by atoms with Crippen molar-refractivity contribution in [3.05, 3.63) is 11.6 Å². The van der Waals surface area contributed by atoms with Crippen LogP contribution in [0.3, 0.4) is 0 Å². The molecule has 0 aliphatic carbocycles. The van der Waals surface area contributed by atoms with Crippen LogP contribution in [-0.4, -0.2) is 0 Å². The molecular formula is C13H26. The zero-order valence-corrected chi connectivity index (χ0v) is 10.5. The largest absolute Gasteiger partial charge is 0.0799 e. The van der Waals surface area contributed by atoms with Crippen molar-refractivity contribution in [2.24, 2.45) is 10.8 Å². The average Bonchev–Trinajstić information content (AvgIpc) is 1.80. The van der Waals surface area contributed by atoms with E-state index >= 15 is 0 Å². The highest BCUT2D eigenvalue weighted by molar-refractivity contribution is 5.05. The lowest BCUT2D eigenvalue weighted by atomic mass is 9.75. The van der Waals surface area contributed by atoms with Gasteiger partial charge in [-0.15, -0.1) is 0 Å². The average molecular weight is 182 g/mol. The highest BCUT2D eigenvalue weighted by Gasteiger charge is 2.23. The Morgan fingerprint density at radius 2 is 1.54 bits per heavy atom. The van der Waals surface area contributed by atoms with Crippen molar-refractivity contribution in [3.8, 4) is 0 Å². The van der Waals surface area contributed by atoms with E-state index in [0.29, 0.717) is 10.8 Å². The molecule has 0 spiro atoms. The summed E-state index contributed by atoms with van der Waals surface area (Å²) in [5, 5.41) is 0. The fourth-order valence-corrected chi connectivity index (χ4v) is 2.19. The van der Waals surface area contributed by atoms with Gasteiger partial charge in [0.25, 0.3) is 0 Å². The van der Waals surface area contributed by atoms with Crippen molar-refractivity contribution in [3.63, 3.8) is 0 Å². The van der Waals surface area contributed by atoms with Gasteiger partial charge in [0.1, 0.15) is 0 Å². The van der Waals surface area contributed by atoms with Crippen LogP contribution >= 0.6 is 0 Å². The number of rotatable bonds is 3. The first-order valence-electron chi connectivity index (χ1n) is 5.35.